The number of hydrogen-bond donors (Lipinski definition) is 1. The lowest BCUT2D eigenvalue weighted by Crippen LogP contribution is -2.26. The van der Waals surface area contributed by atoms with E-state index in [1.807, 2.05) is 0 Å². The highest BCUT2D eigenvalue weighted by Gasteiger charge is 2.35. The highest BCUT2D eigenvalue weighted by Crippen LogP contribution is 2.52. The SMILES string of the molecule is CCC(CC)(Pc1ccccc1CN(c1ccccc1)c1ccccc1)c1cc(C)cc(C(C)(C)C)c1O. The summed E-state index contributed by atoms with van der Waals surface area (Å²) >= 11 is 0. The Morgan fingerprint density at radius 2 is 1.21 bits per heavy atom. The Hall–Kier alpha value is -3.09. The van der Waals surface area contributed by atoms with Crippen molar-refractivity contribution in [1.82, 2.24) is 0 Å². The average Bonchev–Trinajstić information content (AvgIpc) is 2.92. The molecule has 0 saturated heterocycles. The van der Waals surface area contributed by atoms with Crippen molar-refractivity contribution in [2.45, 2.75) is 71.5 Å². The van der Waals surface area contributed by atoms with Gasteiger partial charge < -0.3 is 10.0 Å². The van der Waals surface area contributed by atoms with Gasteiger partial charge >= 0.3 is 0 Å². The second kappa shape index (κ2) is 11.7. The van der Waals surface area contributed by atoms with Gasteiger partial charge in [0.1, 0.15) is 5.75 Å². The Bertz CT molecular complexity index is 1300. The molecule has 0 aliphatic heterocycles. The third-order valence-electron chi connectivity index (χ3n) is 7.64. The average molecular weight is 524 g/mol. The first-order chi connectivity index (χ1) is 18.2. The van der Waals surface area contributed by atoms with Crippen molar-refractivity contribution in [2.75, 3.05) is 4.90 Å². The lowest BCUT2D eigenvalue weighted by molar-refractivity contribution is 0.424. The van der Waals surface area contributed by atoms with Crippen LogP contribution in [0.1, 0.15) is 69.7 Å². The fraction of sp³-hybridized carbons (Fsp3) is 0.314. The van der Waals surface area contributed by atoms with Crippen molar-refractivity contribution < 1.29 is 5.11 Å². The molecule has 198 valence electrons. The van der Waals surface area contributed by atoms with E-state index < -0.39 is 0 Å². The minimum Gasteiger partial charge on any atom is -0.507 e. The van der Waals surface area contributed by atoms with Crippen molar-refractivity contribution in [2.24, 2.45) is 0 Å². The van der Waals surface area contributed by atoms with Crippen LogP contribution in [0.25, 0.3) is 0 Å². The quantitative estimate of drug-likeness (QED) is 0.221. The molecule has 1 unspecified atom stereocenters. The number of benzene rings is 4. The standard InChI is InChI=1S/C35H42NOP/c1-7-35(8-2,31-24-26(3)23-30(33(31)37)34(4,5)6)38-32-22-16-15-17-27(32)25-36(28-18-11-9-12-19-28)29-20-13-10-14-21-29/h9-24,37-38H,7-8,25H2,1-6H3. The first kappa shape index (κ1) is 27.9. The minimum atomic E-state index is -0.128. The second-order valence-corrected chi connectivity index (χ2v) is 13.0. The molecule has 0 amide bonds. The number of anilines is 2. The third kappa shape index (κ3) is 5.97. The van der Waals surface area contributed by atoms with Gasteiger partial charge in [0.2, 0.25) is 0 Å². The van der Waals surface area contributed by atoms with Crippen LogP contribution in [0.4, 0.5) is 11.4 Å². The van der Waals surface area contributed by atoms with Crippen molar-refractivity contribution in [3.05, 3.63) is 119 Å². The Kier molecular flexibility index (Phi) is 8.64. The van der Waals surface area contributed by atoms with Crippen LogP contribution in [-0.4, -0.2) is 5.11 Å². The number of rotatable bonds is 9. The second-order valence-electron chi connectivity index (χ2n) is 11.3. The van der Waals surface area contributed by atoms with Gasteiger partial charge in [-0.1, -0.05) is 122 Å². The maximum atomic E-state index is 11.6. The van der Waals surface area contributed by atoms with Gasteiger partial charge in [0.05, 0.1) is 0 Å². The summed E-state index contributed by atoms with van der Waals surface area (Å²) in [6, 6.07) is 34.5. The number of phenols is 1. The summed E-state index contributed by atoms with van der Waals surface area (Å²) in [6.45, 7) is 14.0. The number of para-hydroxylation sites is 2. The molecule has 4 aromatic carbocycles. The summed E-state index contributed by atoms with van der Waals surface area (Å²) in [5, 5.41) is 12.9. The molecule has 0 aliphatic rings. The van der Waals surface area contributed by atoms with Gasteiger partial charge in [-0.05, 0) is 65.9 Å². The van der Waals surface area contributed by atoms with Crippen molar-refractivity contribution in [3.8, 4) is 5.75 Å². The highest BCUT2D eigenvalue weighted by atomic mass is 31.1. The van der Waals surface area contributed by atoms with Crippen LogP contribution in [0.3, 0.4) is 0 Å². The maximum absolute atomic E-state index is 11.6. The van der Waals surface area contributed by atoms with Crippen LogP contribution in [-0.2, 0) is 17.1 Å². The molecule has 38 heavy (non-hydrogen) atoms. The Balaban J connectivity index is 1.78. The third-order valence-corrected chi connectivity index (χ3v) is 9.85. The van der Waals surface area contributed by atoms with Gasteiger partial charge in [-0.15, -0.1) is 0 Å². The Morgan fingerprint density at radius 1 is 0.711 bits per heavy atom. The maximum Gasteiger partial charge on any atom is 0.123 e. The Labute approximate surface area is 231 Å². The molecular weight excluding hydrogens is 481 g/mol. The molecule has 0 saturated carbocycles. The smallest absolute Gasteiger partial charge is 0.123 e. The van der Waals surface area contributed by atoms with Gasteiger partial charge in [-0.2, -0.15) is 0 Å². The zero-order valence-electron chi connectivity index (χ0n) is 23.8. The van der Waals surface area contributed by atoms with Gasteiger partial charge in [0.15, 0.2) is 0 Å². The van der Waals surface area contributed by atoms with Crippen LogP contribution >= 0.6 is 8.58 Å². The van der Waals surface area contributed by atoms with Crippen molar-refractivity contribution in [1.29, 1.82) is 0 Å². The van der Waals surface area contributed by atoms with E-state index >= 15 is 0 Å². The number of aromatic hydroxyl groups is 1. The molecule has 0 bridgehead atoms. The molecule has 3 heteroatoms. The monoisotopic (exact) mass is 523 g/mol. The fourth-order valence-electron chi connectivity index (χ4n) is 5.35. The topological polar surface area (TPSA) is 23.5 Å². The van der Waals surface area contributed by atoms with E-state index in [2.05, 4.69) is 144 Å². The molecule has 4 aromatic rings. The zero-order chi connectivity index (χ0) is 27.3. The lowest BCUT2D eigenvalue weighted by Gasteiger charge is -2.36. The largest absolute Gasteiger partial charge is 0.507 e. The van der Waals surface area contributed by atoms with Crippen LogP contribution in [0.2, 0.25) is 0 Å². The number of nitrogens with zero attached hydrogens (tertiary/aromatic N) is 1. The van der Waals surface area contributed by atoms with E-state index in [1.54, 1.807) is 0 Å². The summed E-state index contributed by atoms with van der Waals surface area (Å²) in [5.41, 5.74) is 6.92. The van der Waals surface area contributed by atoms with E-state index in [9.17, 15) is 5.11 Å². The van der Waals surface area contributed by atoms with Crippen LogP contribution in [0.15, 0.2) is 97.1 Å². The molecule has 1 atom stereocenters. The molecule has 0 aliphatic carbocycles. The summed E-state index contributed by atoms with van der Waals surface area (Å²) in [7, 11) is 0.543. The minimum absolute atomic E-state index is 0.120. The normalized spacial score (nSPS) is 12.3. The molecule has 0 radical (unpaired) electrons. The molecule has 4 rings (SSSR count). The predicted octanol–water partition coefficient (Wildman–Crippen LogP) is 9.36. The molecule has 1 N–H and O–H groups in total. The summed E-state index contributed by atoms with van der Waals surface area (Å²) in [6.07, 6.45) is 1.94. The summed E-state index contributed by atoms with van der Waals surface area (Å²) in [4.78, 5) is 2.39. The molecule has 0 aromatic heterocycles. The van der Waals surface area contributed by atoms with Crippen LogP contribution < -0.4 is 10.2 Å². The zero-order valence-corrected chi connectivity index (χ0v) is 24.8. The molecule has 2 nitrogen and oxygen atoms in total. The van der Waals surface area contributed by atoms with Gasteiger partial charge in [0, 0.05) is 28.6 Å². The van der Waals surface area contributed by atoms with Crippen molar-refractivity contribution in [3.63, 3.8) is 0 Å². The van der Waals surface area contributed by atoms with Crippen LogP contribution in [0, 0.1) is 6.92 Å². The number of phenolic OH excluding ortho intramolecular Hbond substituents is 1. The van der Waals surface area contributed by atoms with Gasteiger partial charge in [0.25, 0.3) is 0 Å². The van der Waals surface area contributed by atoms with E-state index in [-0.39, 0.29) is 10.6 Å². The molecular formula is C35H42NOP. The summed E-state index contributed by atoms with van der Waals surface area (Å²) < 4.78 is 0. The fourth-order valence-corrected chi connectivity index (χ4v) is 7.04. The first-order valence-corrected chi connectivity index (χ1v) is 14.8. The van der Waals surface area contributed by atoms with E-state index in [1.165, 1.54) is 27.8 Å². The summed E-state index contributed by atoms with van der Waals surface area (Å²) in [5.74, 6) is 0.479. The number of aryl methyl sites for hydroxylation is 1. The first-order valence-electron chi connectivity index (χ1n) is 13.8. The Morgan fingerprint density at radius 3 is 1.74 bits per heavy atom. The molecule has 0 heterocycles. The lowest BCUT2D eigenvalue weighted by atomic mass is 9.81. The van der Waals surface area contributed by atoms with Gasteiger partial charge in [-0.3, -0.25) is 0 Å². The predicted molar refractivity (Wildman–Crippen MR) is 167 cm³/mol. The number of hydrogen-bond acceptors (Lipinski definition) is 2. The van der Waals surface area contributed by atoms with Crippen molar-refractivity contribution >= 4 is 25.3 Å². The molecule has 0 spiro atoms. The van der Waals surface area contributed by atoms with E-state index in [4.69, 9.17) is 0 Å². The van der Waals surface area contributed by atoms with Crippen LogP contribution in [0.5, 0.6) is 5.75 Å². The van der Waals surface area contributed by atoms with Gasteiger partial charge in [-0.25, -0.2) is 0 Å². The molecule has 0 fully saturated rings. The highest BCUT2D eigenvalue weighted by molar-refractivity contribution is 7.48. The van der Waals surface area contributed by atoms with E-state index in [0.717, 1.165) is 30.5 Å². The van der Waals surface area contributed by atoms with E-state index in [0.29, 0.717) is 14.3 Å².